The topological polar surface area (TPSA) is 166 Å². The molecule has 276 valence electrons. The molecule has 4 bridgehead atoms. The minimum Gasteiger partial charge on any atom is -0.472 e. The second-order valence-corrected chi connectivity index (χ2v) is 16.6. The SMILES string of the molecule is CC=C(C)C(=O)O[C@H]1[C@]2(C)C[C@]3(O)[C@@]1(OC(C)=O)[C@H]1O[C@@]4(C(C)C)O[C@@]5(CC[C@]6(C)C(=CC(=O)O[C@H]6c6ccoc6)[C@@]15O4)[C@]3(C)[C@H]2CC(=O)OC. The molecule has 3 aliphatic heterocycles. The summed E-state index contributed by atoms with van der Waals surface area (Å²) in [5.41, 5.74) is -9.46. The van der Waals surface area contributed by atoms with Gasteiger partial charge in [-0.2, -0.15) is 0 Å². The molecule has 0 radical (unpaired) electrons. The number of aliphatic hydroxyl groups is 1. The van der Waals surface area contributed by atoms with Crippen LogP contribution in [0, 0.1) is 28.1 Å². The van der Waals surface area contributed by atoms with Crippen molar-refractivity contribution >= 4 is 23.9 Å². The summed E-state index contributed by atoms with van der Waals surface area (Å²) in [6, 6.07) is 1.74. The molecule has 8 rings (SSSR count). The molecule has 13 nitrogen and oxygen atoms in total. The summed E-state index contributed by atoms with van der Waals surface area (Å²) in [6.07, 6.45) is 3.00. The highest BCUT2D eigenvalue weighted by Gasteiger charge is 3.03. The van der Waals surface area contributed by atoms with Crippen molar-refractivity contribution in [1.82, 2.24) is 0 Å². The fraction of sp³-hybridized carbons (Fsp3) is 0.684. The molecule has 12 atom stereocenters. The third kappa shape index (κ3) is 3.48. The van der Waals surface area contributed by atoms with E-state index in [1.54, 1.807) is 26.0 Å². The van der Waals surface area contributed by atoms with Gasteiger partial charge in [0.2, 0.25) is 5.60 Å². The van der Waals surface area contributed by atoms with Crippen LogP contribution >= 0.6 is 0 Å². The number of esters is 4. The van der Waals surface area contributed by atoms with Crippen LogP contribution in [0.4, 0.5) is 0 Å². The molecule has 13 heteroatoms. The van der Waals surface area contributed by atoms with Crippen molar-refractivity contribution in [2.45, 2.75) is 128 Å². The zero-order valence-corrected chi connectivity index (χ0v) is 30.4. The summed E-state index contributed by atoms with van der Waals surface area (Å²) in [7, 11) is 1.29. The first kappa shape index (κ1) is 34.6. The summed E-state index contributed by atoms with van der Waals surface area (Å²) in [5.74, 6) is -5.61. The van der Waals surface area contributed by atoms with Gasteiger partial charge in [0, 0.05) is 52.7 Å². The van der Waals surface area contributed by atoms with E-state index in [1.807, 2.05) is 34.6 Å². The molecule has 0 aromatic carbocycles. The Morgan fingerprint density at radius 2 is 1.84 bits per heavy atom. The van der Waals surface area contributed by atoms with Gasteiger partial charge in [-0.15, -0.1) is 0 Å². The number of carbonyl (C=O) groups is 4. The van der Waals surface area contributed by atoms with E-state index in [-0.39, 0.29) is 19.3 Å². The van der Waals surface area contributed by atoms with Crippen molar-refractivity contribution < 1.29 is 61.9 Å². The molecule has 1 aromatic heterocycles. The van der Waals surface area contributed by atoms with Crippen molar-refractivity contribution in [3.63, 3.8) is 0 Å². The van der Waals surface area contributed by atoms with Crippen LogP contribution in [0.15, 0.2) is 46.3 Å². The minimum absolute atomic E-state index is 0.0377. The Labute approximate surface area is 295 Å². The van der Waals surface area contributed by atoms with Crippen LogP contribution in [-0.2, 0) is 52.3 Å². The lowest BCUT2D eigenvalue weighted by molar-refractivity contribution is -0.453. The number of furan rings is 1. The molecule has 1 aromatic rings. The largest absolute Gasteiger partial charge is 0.472 e. The van der Waals surface area contributed by atoms with Crippen molar-refractivity contribution in [2.75, 3.05) is 7.11 Å². The second kappa shape index (κ2) is 10.1. The monoisotopic (exact) mass is 710 g/mol. The van der Waals surface area contributed by atoms with E-state index in [4.69, 9.17) is 37.6 Å². The Morgan fingerprint density at radius 1 is 1.12 bits per heavy atom. The summed E-state index contributed by atoms with van der Waals surface area (Å²) in [6.45, 7) is 13.9. The zero-order chi connectivity index (χ0) is 36.9. The van der Waals surface area contributed by atoms with Crippen molar-refractivity contribution in [3.8, 4) is 0 Å². The Hall–Kier alpha value is -3.52. The second-order valence-electron chi connectivity index (χ2n) is 16.6. The van der Waals surface area contributed by atoms with Crippen molar-refractivity contribution in [1.29, 1.82) is 0 Å². The number of rotatable bonds is 7. The lowest BCUT2D eigenvalue weighted by Gasteiger charge is -2.75. The number of cyclic esters (lactones) is 1. The Morgan fingerprint density at radius 3 is 2.45 bits per heavy atom. The summed E-state index contributed by atoms with van der Waals surface area (Å²) in [5, 5.41) is 13.7. The maximum absolute atomic E-state index is 13.8. The Kier molecular flexibility index (Phi) is 6.86. The van der Waals surface area contributed by atoms with Gasteiger partial charge in [-0.3, -0.25) is 9.59 Å². The number of hydrogen-bond acceptors (Lipinski definition) is 13. The fourth-order valence-electron chi connectivity index (χ4n) is 12.1. The first-order valence-corrected chi connectivity index (χ1v) is 17.7. The number of allylic oxidation sites excluding steroid dienone is 1. The quantitative estimate of drug-likeness (QED) is 0.241. The van der Waals surface area contributed by atoms with Crippen molar-refractivity contribution in [2.24, 2.45) is 28.1 Å². The van der Waals surface area contributed by atoms with E-state index < -0.39 is 98.6 Å². The van der Waals surface area contributed by atoms with Gasteiger partial charge >= 0.3 is 23.9 Å². The third-order valence-corrected chi connectivity index (χ3v) is 14.3. The van der Waals surface area contributed by atoms with Gasteiger partial charge in [0.15, 0.2) is 11.7 Å². The molecular formula is C38H46O13. The lowest BCUT2D eigenvalue weighted by atomic mass is 9.34. The van der Waals surface area contributed by atoms with Crippen LogP contribution in [0.1, 0.15) is 92.7 Å². The van der Waals surface area contributed by atoms with Gasteiger partial charge in [-0.25, -0.2) is 9.59 Å². The molecule has 1 spiro atoms. The maximum atomic E-state index is 13.8. The third-order valence-electron chi connectivity index (χ3n) is 14.3. The highest BCUT2D eigenvalue weighted by molar-refractivity contribution is 5.88. The van der Waals surface area contributed by atoms with E-state index >= 15 is 0 Å². The summed E-state index contributed by atoms with van der Waals surface area (Å²) in [4.78, 5) is 54.6. The number of fused-ring (bicyclic) bond motifs is 4. The predicted molar refractivity (Wildman–Crippen MR) is 173 cm³/mol. The van der Waals surface area contributed by atoms with Gasteiger partial charge in [0.25, 0.3) is 5.97 Å². The molecule has 0 unspecified atom stereocenters. The van der Waals surface area contributed by atoms with Crippen LogP contribution in [0.2, 0.25) is 0 Å². The van der Waals surface area contributed by atoms with Gasteiger partial charge in [-0.05, 0) is 50.7 Å². The van der Waals surface area contributed by atoms with Gasteiger partial charge in [-0.1, -0.05) is 40.7 Å². The standard InChI is InChI=1S/C38H46O13/c1-10-20(4)28(42)47-29-32(7)18-34(43)33(8,23(32)15-25(40)44-9)35-13-12-31(6)24(16-26(41)46-27(31)22-11-14-45-17-22)36(35)30(37(29,34)48-21(5)39)49-38(50-35,51-36)19(2)3/h10-11,14,16-17,19,23,27,29-30,43H,12-13,15,18H2,1-9H3/t23-,27-,29-,30-,31+,32+,33+,34+,35-,36+,37-,38-/m0/s1. The van der Waals surface area contributed by atoms with E-state index in [1.165, 1.54) is 32.6 Å². The predicted octanol–water partition coefficient (Wildman–Crippen LogP) is 4.37. The highest BCUT2D eigenvalue weighted by atomic mass is 17.0. The van der Waals surface area contributed by atoms with Gasteiger partial charge in [0.1, 0.15) is 23.4 Å². The average Bonchev–Trinajstić information content (AvgIpc) is 3.86. The van der Waals surface area contributed by atoms with Crippen LogP contribution in [-0.4, -0.2) is 76.7 Å². The zero-order valence-electron chi connectivity index (χ0n) is 30.4. The average molecular weight is 711 g/mol. The Bertz CT molecular complexity index is 1810. The molecule has 7 aliphatic rings. The normalized spacial score (nSPS) is 48.5. The molecular weight excluding hydrogens is 664 g/mol. The fourth-order valence-corrected chi connectivity index (χ4v) is 12.1. The number of carbonyl (C=O) groups excluding carboxylic acids is 4. The van der Waals surface area contributed by atoms with Crippen molar-refractivity contribution in [3.05, 3.63) is 47.5 Å². The maximum Gasteiger partial charge on any atom is 0.333 e. The van der Waals surface area contributed by atoms with Crippen LogP contribution < -0.4 is 0 Å². The number of methoxy groups -OCH3 is 1. The lowest BCUT2D eigenvalue weighted by Crippen LogP contribution is -2.92. The highest BCUT2D eigenvalue weighted by Crippen LogP contribution is 2.88. The molecule has 4 saturated carbocycles. The number of ether oxygens (including phenoxy) is 7. The van der Waals surface area contributed by atoms with E-state index in [2.05, 4.69) is 0 Å². The Balaban J connectivity index is 1.48. The summed E-state index contributed by atoms with van der Waals surface area (Å²) < 4.78 is 51.2. The molecule has 6 fully saturated rings. The van der Waals surface area contributed by atoms with Gasteiger partial charge in [0.05, 0.1) is 19.6 Å². The first-order chi connectivity index (χ1) is 23.8. The molecule has 51 heavy (non-hydrogen) atoms. The smallest absolute Gasteiger partial charge is 0.333 e. The van der Waals surface area contributed by atoms with E-state index in [0.29, 0.717) is 23.1 Å². The number of hydrogen-bond donors (Lipinski definition) is 1. The molecule has 4 heterocycles. The van der Waals surface area contributed by atoms with E-state index in [9.17, 15) is 24.3 Å². The molecule has 2 saturated heterocycles. The minimum atomic E-state index is -2.10. The van der Waals surface area contributed by atoms with Gasteiger partial charge < -0.3 is 42.7 Å². The molecule has 4 aliphatic carbocycles. The summed E-state index contributed by atoms with van der Waals surface area (Å²) >= 11 is 0. The van der Waals surface area contributed by atoms with Crippen LogP contribution in [0.3, 0.4) is 0 Å². The first-order valence-electron chi connectivity index (χ1n) is 17.7. The van der Waals surface area contributed by atoms with Crippen LogP contribution in [0.25, 0.3) is 0 Å². The molecule has 0 amide bonds. The van der Waals surface area contributed by atoms with Crippen LogP contribution in [0.5, 0.6) is 0 Å². The molecule has 1 N–H and O–H groups in total. The van der Waals surface area contributed by atoms with E-state index in [0.717, 1.165) is 0 Å².